The van der Waals surface area contributed by atoms with E-state index >= 15 is 0 Å². The summed E-state index contributed by atoms with van der Waals surface area (Å²) in [6, 6.07) is 24.3. The zero-order chi connectivity index (χ0) is 17.5. The highest BCUT2D eigenvalue weighted by molar-refractivity contribution is 6.04. The van der Waals surface area contributed by atoms with E-state index in [1.807, 2.05) is 60.7 Å². The molecule has 0 unspecified atom stereocenters. The van der Waals surface area contributed by atoms with Gasteiger partial charge in [-0.05, 0) is 42.0 Å². The second-order valence-electron chi connectivity index (χ2n) is 5.48. The van der Waals surface area contributed by atoms with E-state index in [1.165, 1.54) is 0 Å². The van der Waals surface area contributed by atoms with Gasteiger partial charge in [0.2, 0.25) is 0 Å². The number of ether oxygens (including phenoxy) is 2. The van der Waals surface area contributed by atoms with Crippen molar-refractivity contribution in [2.45, 2.75) is 6.61 Å². The SMILES string of the molecule is COc1cccc(NC(=O)c2ccc(COc3ccccc3)cc2)c1. The van der Waals surface area contributed by atoms with Crippen LogP contribution in [0.1, 0.15) is 15.9 Å². The molecule has 0 heterocycles. The number of hydrogen-bond donors (Lipinski definition) is 1. The first kappa shape index (κ1) is 16.6. The van der Waals surface area contributed by atoms with Crippen LogP contribution < -0.4 is 14.8 Å². The van der Waals surface area contributed by atoms with Crippen LogP contribution in [0.4, 0.5) is 5.69 Å². The molecule has 4 heteroatoms. The molecule has 3 aromatic rings. The molecule has 0 aliphatic carbocycles. The Morgan fingerprint density at radius 2 is 1.60 bits per heavy atom. The van der Waals surface area contributed by atoms with Crippen molar-refractivity contribution in [1.29, 1.82) is 0 Å². The van der Waals surface area contributed by atoms with Gasteiger partial charge in [-0.1, -0.05) is 36.4 Å². The van der Waals surface area contributed by atoms with Crippen molar-refractivity contribution in [2.24, 2.45) is 0 Å². The lowest BCUT2D eigenvalue weighted by molar-refractivity contribution is 0.102. The Balaban J connectivity index is 1.60. The Morgan fingerprint density at radius 3 is 2.32 bits per heavy atom. The minimum Gasteiger partial charge on any atom is -0.497 e. The molecule has 0 saturated carbocycles. The Hall–Kier alpha value is -3.27. The van der Waals surface area contributed by atoms with E-state index in [9.17, 15) is 4.79 Å². The predicted molar refractivity (Wildman–Crippen MR) is 98.2 cm³/mol. The number of methoxy groups -OCH3 is 1. The van der Waals surface area contributed by atoms with Gasteiger partial charge in [-0.3, -0.25) is 4.79 Å². The van der Waals surface area contributed by atoms with Crippen LogP contribution in [0.5, 0.6) is 11.5 Å². The monoisotopic (exact) mass is 333 g/mol. The number of anilines is 1. The van der Waals surface area contributed by atoms with Crippen molar-refractivity contribution in [1.82, 2.24) is 0 Å². The molecule has 0 atom stereocenters. The van der Waals surface area contributed by atoms with Crippen LogP contribution in [0, 0.1) is 0 Å². The van der Waals surface area contributed by atoms with Crippen molar-refractivity contribution in [2.75, 3.05) is 12.4 Å². The predicted octanol–water partition coefficient (Wildman–Crippen LogP) is 4.53. The van der Waals surface area contributed by atoms with Gasteiger partial charge in [-0.25, -0.2) is 0 Å². The highest BCUT2D eigenvalue weighted by Gasteiger charge is 2.07. The summed E-state index contributed by atoms with van der Waals surface area (Å²) in [5, 5.41) is 2.86. The molecule has 126 valence electrons. The van der Waals surface area contributed by atoms with Crippen LogP contribution in [0.2, 0.25) is 0 Å². The molecule has 0 spiro atoms. The molecule has 0 fully saturated rings. The van der Waals surface area contributed by atoms with Gasteiger partial charge in [0.05, 0.1) is 7.11 Å². The molecule has 1 N–H and O–H groups in total. The molecular weight excluding hydrogens is 314 g/mol. The van der Waals surface area contributed by atoms with E-state index in [1.54, 1.807) is 25.3 Å². The second-order valence-corrected chi connectivity index (χ2v) is 5.48. The summed E-state index contributed by atoms with van der Waals surface area (Å²) in [6.07, 6.45) is 0. The first-order valence-corrected chi connectivity index (χ1v) is 7.97. The van der Waals surface area contributed by atoms with Crippen molar-refractivity contribution < 1.29 is 14.3 Å². The first-order chi connectivity index (χ1) is 12.2. The fraction of sp³-hybridized carbons (Fsp3) is 0.0952. The van der Waals surface area contributed by atoms with Crippen molar-refractivity contribution >= 4 is 11.6 Å². The van der Waals surface area contributed by atoms with Gasteiger partial charge in [-0.2, -0.15) is 0 Å². The molecule has 0 aliphatic rings. The summed E-state index contributed by atoms with van der Waals surface area (Å²) >= 11 is 0. The first-order valence-electron chi connectivity index (χ1n) is 7.97. The molecule has 1 amide bonds. The average molecular weight is 333 g/mol. The van der Waals surface area contributed by atoms with Crippen LogP contribution in [0.15, 0.2) is 78.9 Å². The van der Waals surface area contributed by atoms with Gasteiger partial charge in [0, 0.05) is 17.3 Å². The van der Waals surface area contributed by atoms with E-state index in [0.29, 0.717) is 23.6 Å². The topological polar surface area (TPSA) is 47.6 Å². The maximum atomic E-state index is 12.3. The van der Waals surface area contributed by atoms with Gasteiger partial charge in [0.25, 0.3) is 5.91 Å². The van der Waals surface area contributed by atoms with E-state index in [4.69, 9.17) is 9.47 Å². The molecule has 0 aliphatic heterocycles. The van der Waals surface area contributed by atoms with Gasteiger partial charge < -0.3 is 14.8 Å². The summed E-state index contributed by atoms with van der Waals surface area (Å²) in [5.74, 6) is 1.36. The van der Waals surface area contributed by atoms with Gasteiger partial charge in [0.15, 0.2) is 0 Å². The third-order valence-corrected chi connectivity index (χ3v) is 3.69. The minimum atomic E-state index is -0.163. The number of amides is 1. The quantitative estimate of drug-likeness (QED) is 0.721. The van der Waals surface area contributed by atoms with Crippen molar-refractivity contribution in [3.63, 3.8) is 0 Å². The fourth-order valence-corrected chi connectivity index (χ4v) is 2.34. The van der Waals surface area contributed by atoms with Crippen molar-refractivity contribution in [3.05, 3.63) is 90.0 Å². The van der Waals surface area contributed by atoms with Crippen LogP contribution in [-0.2, 0) is 6.61 Å². The zero-order valence-electron chi connectivity index (χ0n) is 13.9. The van der Waals surface area contributed by atoms with E-state index in [-0.39, 0.29) is 5.91 Å². The highest BCUT2D eigenvalue weighted by Crippen LogP contribution is 2.18. The van der Waals surface area contributed by atoms with Crippen LogP contribution in [0.3, 0.4) is 0 Å². The number of carbonyl (C=O) groups is 1. The van der Waals surface area contributed by atoms with Gasteiger partial charge in [0.1, 0.15) is 18.1 Å². The van der Waals surface area contributed by atoms with E-state index in [2.05, 4.69) is 5.32 Å². The lowest BCUT2D eigenvalue weighted by Crippen LogP contribution is -2.12. The number of rotatable bonds is 6. The van der Waals surface area contributed by atoms with Gasteiger partial charge in [-0.15, -0.1) is 0 Å². The molecule has 0 bridgehead atoms. The van der Waals surface area contributed by atoms with E-state index < -0.39 is 0 Å². The lowest BCUT2D eigenvalue weighted by atomic mass is 10.1. The minimum absolute atomic E-state index is 0.163. The molecule has 25 heavy (non-hydrogen) atoms. The number of para-hydroxylation sites is 1. The third kappa shape index (κ3) is 4.61. The highest BCUT2D eigenvalue weighted by atomic mass is 16.5. The largest absolute Gasteiger partial charge is 0.497 e. The normalized spacial score (nSPS) is 10.1. The Morgan fingerprint density at radius 1 is 0.880 bits per heavy atom. The second kappa shape index (κ2) is 8.02. The molecule has 4 nitrogen and oxygen atoms in total. The smallest absolute Gasteiger partial charge is 0.255 e. The van der Waals surface area contributed by atoms with Gasteiger partial charge >= 0.3 is 0 Å². The summed E-state index contributed by atoms with van der Waals surface area (Å²) in [6.45, 7) is 0.460. The number of nitrogens with one attached hydrogen (secondary N) is 1. The Bertz CT molecular complexity index is 829. The van der Waals surface area contributed by atoms with Crippen LogP contribution in [-0.4, -0.2) is 13.0 Å². The van der Waals surface area contributed by atoms with Crippen LogP contribution >= 0.6 is 0 Å². The maximum absolute atomic E-state index is 12.3. The lowest BCUT2D eigenvalue weighted by Gasteiger charge is -2.09. The molecular formula is C21H19NO3. The summed E-state index contributed by atoms with van der Waals surface area (Å²) in [7, 11) is 1.59. The number of hydrogen-bond acceptors (Lipinski definition) is 3. The average Bonchev–Trinajstić information content (AvgIpc) is 2.67. The number of benzene rings is 3. The Labute approximate surface area is 147 Å². The maximum Gasteiger partial charge on any atom is 0.255 e. The molecule has 3 rings (SSSR count). The van der Waals surface area contributed by atoms with E-state index in [0.717, 1.165) is 11.3 Å². The summed E-state index contributed by atoms with van der Waals surface area (Å²) < 4.78 is 10.9. The summed E-state index contributed by atoms with van der Waals surface area (Å²) in [5.41, 5.74) is 2.29. The molecule has 3 aromatic carbocycles. The molecule has 0 aromatic heterocycles. The summed E-state index contributed by atoms with van der Waals surface area (Å²) in [4.78, 5) is 12.3. The fourth-order valence-electron chi connectivity index (χ4n) is 2.34. The standard InChI is InChI=1S/C21H19NO3/c1-24-20-9-5-6-18(14-20)22-21(23)17-12-10-16(11-13-17)15-25-19-7-3-2-4-8-19/h2-14H,15H2,1H3,(H,22,23). The third-order valence-electron chi connectivity index (χ3n) is 3.69. The number of carbonyl (C=O) groups excluding carboxylic acids is 1. The van der Waals surface area contributed by atoms with Crippen LogP contribution in [0.25, 0.3) is 0 Å². The van der Waals surface area contributed by atoms with Crippen molar-refractivity contribution in [3.8, 4) is 11.5 Å². The zero-order valence-corrected chi connectivity index (χ0v) is 13.9. The molecule has 0 radical (unpaired) electrons. The molecule has 0 saturated heterocycles. The Kier molecular flexibility index (Phi) is 5.32.